The van der Waals surface area contributed by atoms with E-state index in [2.05, 4.69) is 0 Å². The molecule has 0 aromatic heterocycles. The molecule has 7 nitrogen and oxygen atoms in total. The fourth-order valence-electron chi connectivity index (χ4n) is 2.58. The van der Waals surface area contributed by atoms with Crippen LogP contribution in [0.4, 0.5) is 0 Å². The van der Waals surface area contributed by atoms with Crippen LogP contribution in [0.25, 0.3) is 0 Å². The third-order valence-electron chi connectivity index (χ3n) is 3.94. The number of rotatable bonds is 4. The summed E-state index contributed by atoms with van der Waals surface area (Å²) in [5.74, 6) is 0.102. The van der Waals surface area contributed by atoms with Crippen LogP contribution < -0.4 is 10.9 Å². The molecule has 1 heterocycles. The van der Waals surface area contributed by atoms with Crippen molar-refractivity contribution < 1.29 is 16.8 Å². The molecule has 0 radical (unpaired) electrons. The third kappa shape index (κ3) is 3.66. The van der Waals surface area contributed by atoms with Crippen LogP contribution in [0, 0.1) is 5.92 Å². The molecule has 0 spiro atoms. The molecule has 0 aliphatic carbocycles. The average Bonchev–Trinajstić information content (AvgIpc) is 2.46. The lowest BCUT2D eigenvalue weighted by molar-refractivity contribution is 0.243. The molecule has 1 aliphatic rings. The van der Waals surface area contributed by atoms with Crippen LogP contribution in [-0.4, -0.2) is 40.3 Å². The van der Waals surface area contributed by atoms with Crippen molar-refractivity contribution in [1.29, 1.82) is 0 Å². The number of primary sulfonamides is 1. The van der Waals surface area contributed by atoms with Crippen LogP contribution in [0.5, 0.6) is 0 Å². The maximum absolute atomic E-state index is 12.7. The summed E-state index contributed by atoms with van der Waals surface area (Å²) < 4.78 is 49.5. The van der Waals surface area contributed by atoms with Crippen LogP contribution in [0.2, 0.25) is 0 Å². The molecule has 1 aromatic rings. The SMILES string of the molecule is C[C@@H](N)[C@H]1CCCN(S(=O)(=O)c2cccc(S(N)(=O)=O)c2)C1. The summed E-state index contributed by atoms with van der Waals surface area (Å²) in [5, 5.41) is 5.06. The Morgan fingerprint density at radius 2 is 1.86 bits per heavy atom. The van der Waals surface area contributed by atoms with Gasteiger partial charge in [-0.2, -0.15) is 4.31 Å². The van der Waals surface area contributed by atoms with Gasteiger partial charge in [0.25, 0.3) is 0 Å². The summed E-state index contributed by atoms with van der Waals surface area (Å²) in [7, 11) is -7.70. The normalized spacial score (nSPS) is 22.4. The van der Waals surface area contributed by atoms with Crippen molar-refractivity contribution in [3.8, 4) is 0 Å². The topological polar surface area (TPSA) is 124 Å². The van der Waals surface area contributed by atoms with Crippen molar-refractivity contribution in [3.05, 3.63) is 24.3 Å². The monoisotopic (exact) mass is 347 g/mol. The van der Waals surface area contributed by atoms with Gasteiger partial charge in [-0.15, -0.1) is 0 Å². The van der Waals surface area contributed by atoms with E-state index >= 15 is 0 Å². The van der Waals surface area contributed by atoms with Gasteiger partial charge < -0.3 is 5.73 Å². The van der Waals surface area contributed by atoms with E-state index in [0.29, 0.717) is 13.1 Å². The van der Waals surface area contributed by atoms with Crippen LogP contribution >= 0.6 is 0 Å². The molecule has 0 amide bonds. The molecule has 1 aliphatic heterocycles. The van der Waals surface area contributed by atoms with E-state index in [1.807, 2.05) is 6.92 Å². The van der Waals surface area contributed by atoms with E-state index in [-0.39, 0.29) is 21.8 Å². The van der Waals surface area contributed by atoms with Crippen molar-refractivity contribution in [2.75, 3.05) is 13.1 Å². The lowest BCUT2D eigenvalue weighted by Gasteiger charge is -2.33. The molecule has 22 heavy (non-hydrogen) atoms. The molecular weight excluding hydrogens is 326 g/mol. The first-order chi connectivity index (χ1) is 10.1. The highest BCUT2D eigenvalue weighted by molar-refractivity contribution is 7.90. The third-order valence-corrected chi connectivity index (χ3v) is 6.71. The van der Waals surface area contributed by atoms with E-state index in [4.69, 9.17) is 10.9 Å². The van der Waals surface area contributed by atoms with Crippen LogP contribution in [0.3, 0.4) is 0 Å². The highest BCUT2D eigenvalue weighted by Gasteiger charge is 2.32. The maximum Gasteiger partial charge on any atom is 0.243 e. The number of sulfonamides is 2. The minimum atomic E-state index is -3.94. The number of nitrogens with zero attached hydrogens (tertiary/aromatic N) is 1. The largest absolute Gasteiger partial charge is 0.328 e. The number of nitrogens with two attached hydrogens (primary N) is 2. The van der Waals surface area contributed by atoms with E-state index in [1.165, 1.54) is 22.5 Å². The number of hydrogen-bond donors (Lipinski definition) is 2. The molecule has 1 aromatic carbocycles. The average molecular weight is 347 g/mol. The summed E-state index contributed by atoms with van der Waals surface area (Å²) in [4.78, 5) is -0.279. The second kappa shape index (κ2) is 6.25. The van der Waals surface area contributed by atoms with Crippen molar-refractivity contribution in [3.63, 3.8) is 0 Å². The molecule has 1 saturated heterocycles. The fraction of sp³-hybridized carbons (Fsp3) is 0.538. The highest BCUT2D eigenvalue weighted by atomic mass is 32.2. The van der Waals surface area contributed by atoms with Gasteiger partial charge in [-0.25, -0.2) is 22.0 Å². The van der Waals surface area contributed by atoms with Gasteiger partial charge in [0.2, 0.25) is 20.0 Å². The van der Waals surface area contributed by atoms with E-state index in [1.54, 1.807) is 0 Å². The molecule has 0 saturated carbocycles. The Kier molecular flexibility index (Phi) is 4.93. The molecule has 9 heteroatoms. The Morgan fingerprint density at radius 1 is 1.23 bits per heavy atom. The van der Waals surface area contributed by atoms with Crippen LogP contribution in [0.15, 0.2) is 34.1 Å². The quantitative estimate of drug-likeness (QED) is 0.798. The number of hydrogen-bond acceptors (Lipinski definition) is 5. The molecule has 0 bridgehead atoms. The Morgan fingerprint density at radius 3 is 2.45 bits per heavy atom. The number of benzene rings is 1. The summed E-state index contributed by atoms with van der Waals surface area (Å²) in [5.41, 5.74) is 5.88. The zero-order valence-electron chi connectivity index (χ0n) is 12.3. The predicted molar refractivity (Wildman–Crippen MR) is 82.9 cm³/mol. The Balaban J connectivity index is 2.34. The first-order valence-corrected chi connectivity index (χ1v) is 9.99. The molecule has 4 N–H and O–H groups in total. The predicted octanol–water partition coefficient (Wildman–Crippen LogP) is 0.0819. The van der Waals surface area contributed by atoms with Gasteiger partial charge in [0.15, 0.2) is 0 Å². The van der Waals surface area contributed by atoms with Gasteiger partial charge in [-0.3, -0.25) is 0 Å². The molecule has 124 valence electrons. The fourth-order valence-corrected chi connectivity index (χ4v) is 4.80. The van der Waals surface area contributed by atoms with Gasteiger partial charge in [0, 0.05) is 19.1 Å². The van der Waals surface area contributed by atoms with E-state index in [9.17, 15) is 16.8 Å². The number of piperidine rings is 1. The van der Waals surface area contributed by atoms with E-state index < -0.39 is 20.0 Å². The van der Waals surface area contributed by atoms with Crippen molar-refractivity contribution in [2.24, 2.45) is 16.8 Å². The zero-order valence-corrected chi connectivity index (χ0v) is 14.0. The molecule has 1 fully saturated rings. The second-order valence-corrected chi connectivity index (χ2v) is 9.14. The first kappa shape index (κ1) is 17.4. The van der Waals surface area contributed by atoms with Crippen molar-refractivity contribution >= 4 is 20.0 Å². The standard InChI is InChI=1S/C13H21N3O4S2/c1-10(14)11-4-3-7-16(9-11)22(19,20)13-6-2-5-12(8-13)21(15,17)18/h2,5-6,8,10-11H,3-4,7,9,14H2,1H3,(H2,15,17,18)/t10-,11+/m1/s1. The summed E-state index contributed by atoms with van der Waals surface area (Å²) in [6.07, 6.45) is 1.63. The first-order valence-electron chi connectivity index (χ1n) is 7.01. The van der Waals surface area contributed by atoms with Crippen LogP contribution in [-0.2, 0) is 20.0 Å². The Bertz CT molecular complexity index is 744. The lowest BCUT2D eigenvalue weighted by atomic mass is 9.93. The van der Waals surface area contributed by atoms with E-state index in [0.717, 1.165) is 18.9 Å². The summed E-state index contributed by atoms with van der Waals surface area (Å²) >= 11 is 0. The minimum Gasteiger partial charge on any atom is -0.328 e. The highest BCUT2D eigenvalue weighted by Crippen LogP contribution is 2.26. The maximum atomic E-state index is 12.7. The van der Waals surface area contributed by atoms with Crippen LogP contribution in [0.1, 0.15) is 19.8 Å². The molecular formula is C13H21N3O4S2. The van der Waals surface area contributed by atoms with Crippen molar-refractivity contribution in [1.82, 2.24) is 4.31 Å². The minimum absolute atomic E-state index is 0.0654. The molecule has 0 unspecified atom stereocenters. The lowest BCUT2D eigenvalue weighted by Crippen LogP contribution is -2.44. The van der Waals surface area contributed by atoms with Gasteiger partial charge in [-0.05, 0) is 43.9 Å². The molecule has 2 atom stereocenters. The Hall–Kier alpha value is -1.00. The van der Waals surface area contributed by atoms with Gasteiger partial charge in [0.05, 0.1) is 9.79 Å². The summed E-state index contributed by atoms with van der Waals surface area (Å²) in [6, 6.07) is 5.03. The van der Waals surface area contributed by atoms with Gasteiger partial charge >= 0.3 is 0 Å². The molecule has 2 rings (SSSR count). The summed E-state index contributed by atoms with van der Waals surface area (Å²) in [6.45, 7) is 2.62. The van der Waals surface area contributed by atoms with Gasteiger partial charge in [0.1, 0.15) is 0 Å². The smallest absolute Gasteiger partial charge is 0.243 e. The van der Waals surface area contributed by atoms with Crippen molar-refractivity contribution in [2.45, 2.75) is 35.6 Å². The van der Waals surface area contributed by atoms with Gasteiger partial charge in [-0.1, -0.05) is 6.07 Å². The second-order valence-electron chi connectivity index (χ2n) is 5.64. The zero-order chi connectivity index (χ0) is 16.5. The Labute approximate surface area is 131 Å².